The molecule has 0 saturated carbocycles. The Morgan fingerprint density at radius 2 is 2.43 bits per heavy atom. The van der Waals surface area contributed by atoms with Crippen molar-refractivity contribution in [2.45, 2.75) is 12.5 Å². The molecule has 3 unspecified atom stereocenters. The first kappa shape index (κ1) is 3.83. The van der Waals surface area contributed by atoms with Gasteiger partial charge in [-0.15, -0.1) is 0 Å². The van der Waals surface area contributed by atoms with Gasteiger partial charge in [0.25, 0.3) is 0 Å². The predicted molar refractivity (Wildman–Crippen MR) is 24.4 cm³/mol. The molecule has 3 nitrogen and oxygen atoms in total. The van der Waals surface area contributed by atoms with Crippen molar-refractivity contribution in [3.63, 3.8) is 0 Å². The standard InChI is InChI=1S/C4H8N2O/c5-3-1-6-2-4(6)7-3/h3-4H,1-2,5H2. The van der Waals surface area contributed by atoms with Gasteiger partial charge in [0.15, 0.2) is 0 Å². The van der Waals surface area contributed by atoms with Crippen LogP contribution in [0.1, 0.15) is 0 Å². The van der Waals surface area contributed by atoms with Crippen LogP contribution >= 0.6 is 0 Å². The minimum Gasteiger partial charge on any atom is -0.343 e. The number of hydrogen-bond acceptors (Lipinski definition) is 3. The minimum atomic E-state index is -0.00116. The summed E-state index contributed by atoms with van der Waals surface area (Å²) in [6, 6.07) is 0. The summed E-state index contributed by atoms with van der Waals surface area (Å²) >= 11 is 0. The second-order valence-corrected chi connectivity index (χ2v) is 2.08. The first-order valence-electron chi connectivity index (χ1n) is 2.51. The summed E-state index contributed by atoms with van der Waals surface area (Å²) in [7, 11) is 0. The van der Waals surface area contributed by atoms with E-state index in [1.54, 1.807) is 0 Å². The Balaban J connectivity index is 2.02. The van der Waals surface area contributed by atoms with E-state index in [-0.39, 0.29) is 6.23 Å². The second kappa shape index (κ2) is 0.992. The minimum absolute atomic E-state index is 0.00116. The first-order valence-corrected chi connectivity index (χ1v) is 2.51. The highest BCUT2D eigenvalue weighted by atomic mass is 16.6. The quantitative estimate of drug-likeness (QED) is 0.394. The summed E-state index contributed by atoms with van der Waals surface area (Å²) in [5.74, 6) is 0. The molecule has 2 heterocycles. The maximum Gasteiger partial charge on any atom is 0.125 e. The van der Waals surface area contributed by atoms with Crippen LogP contribution in [-0.2, 0) is 4.74 Å². The largest absolute Gasteiger partial charge is 0.343 e. The topological polar surface area (TPSA) is 38.3 Å². The molecule has 2 saturated heterocycles. The van der Waals surface area contributed by atoms with Crippen molar-refractivity contribution >= 4 is 0 Å². The first-order chi connectivity index (χ1) is 3.36. The van der Waals surface area contributed by atoms with E-state index in [2.05, 4.69) is 4.90 Å². The van der Waals surface area contributed by atoms with Crippen LogP contribution in [0, 0.1) is 0 Å². The lowest BCUT2D eigenvalue weighted by Crippen LogP contribution is -2.25. The van der Waals surface area contributed by atoms with Gasteiger partial charge in [0.1, 0.15) is 12.5 Å². The van der Waals surface area contributed by atoms with Gasteiger partial charge in [0.05, 0.1) is 0 Å². The maximum atomic E-state index is 5.39. The Hall–Kier alpha value is -0.120. The number of nitrogens with two attached hydrogens (primary N) is 1. The number of rotatable bonds is 0. The Kier molecular flexibility index (Phi) is 0.543. The third-order valence-corrected chi connectivity index (χ3v) is 1.41. The van der Waals surface area contributed by atoms with Gasteiger partial charge in [0.2, 0.25) is 0 Å². The molecule has 7 heavy (non-hydrogen) atoms. The van der Waals surface area contributed by atoms with E-state index in [9.17, 15) is 0 Å². The third kappa shape index (κ3) is 0.459. The van der Waals surface area contributed by atoms with Crippen LogP contribution in [0.4, 0.5) is 0 Å². The van der Waals surface area contributed by atoms with Crippen molar-refractivity contribution in [3.8, 4) is 0 Å². The summed E-state index contributed by atoms with van der Waals surface area (Å²) in [4.78, 5) is 2.20. The molecule has 0 aromatic heterocycles. The van der Waals surface area contributed by atoms with Crippen molar-refractivity contribution in [1.29, 1.82) is 0 Å². The van der Waals surface area contributed by atoms with E-state index in [4.69, 9.17) is 10.5 Å². The fourth-order valence-electron chi connectivity index (χ4n) is 0.951. The average molecular weight is 100 g/mol. The van der Waals surface area contributed by atoms with E-state index < -0.39 is 0 Å². The van der Waals surface area contributed by atoms with Crippen LogP contribution in [0.3, 0.4) is 0 Å². The molecule has 0 aromatic rings. The monoisotopic (exact) mass is 100 g/mol. The lowest BCUT2D eigenvalue weighted by molar-refractivity contribution is 0.0868. The van der Waals surface area contributed by atoms with Crippen molar-refractivity contribution < 1.29 is 4.74 Å². The molecule has 2 N–H and O–H groups in total. The summed E-state index contributed by atoms with van der Waals surface area (Å²) < 4.78 is 5.14. The summed E-state index contributed by atoms with van der Waals surface area (Å²) in [6.07, 6.45) is 0.397. The summed E-state index contributed by atoms with van der Waals surface area (Å²) in [5.41, 5.74) is 5.39. The van der Waals surface area contributed by atoms with E-state index >= 15 is 0 Å². The van der Waals surface area contributed by atoms with Gasteiger partial charge in [0, 0.05) is 13.1 Å². The summed E-state index contributed by atoms with van der Waals surface area (Å²) in [5, 5.41) is 0. The highest BCUT2D eigenvalue weighted by Gasteiger charge is 2.43. The number of hydrogen-bond donors (Lipinski definition) is 1. The number of fused-ring (bicyclic) bond motifs is 1. The van der Waals surface area contributed by atoms with Crippen LogP contribution in [0.15, 0.2) is 0 Å². The molecule has 0 amide bonds. The van der Waals surface area contributed by atoms with Crippen molar-refractivity contribution in [3.05, 3.63) is 0 Å². The van der Waals surface area contributed by atoms with Crippen molar-refractivity contribution in [2.75, 3.05) is 13.1 Å². The predicted octanol–water partition coefficient (Wildman–Crippen LogP) is -1.06. The zero-order valence-corrected chi connectivity index (χ0v) is 4.00. The molecule has 40 valence electrons. The molecule has 2 aliphatic rings. The lowest BCUT2D eigenvalue weighted by atomic mass is 10.6. The lowest BCUT2D eigenvalue weighted by Gasteiger charge is -2.00. The Morgan fingerprint density at radius 1 is 1.57 bits per heavy atom. The molecular weight excluding hydrogens is 92.1 g/mol. The van der Waals surface area contributed by atoms with Gasteiger partial charge >= 0.3 is 0 Å². The van der Waals surface area contributed by atoms with Gasteiger partial charge in [-0.25, -0.2) is 0 Å². The molecule has 0 aliphatic carbocycles. The fourth-order valence-corrected chi connectivity index (χ4v) is 0.951. The molecule has 2 aliphatic heterocycles. The van der Waals surface area contributed by atoms with E-state index in [0.717, 1.165) is 13.1 Å². The van der Waals surface area contributed by atoms with Crippen LogP contribution in [0.5, 0.6) is 0 Å². The smallest absolute Gasteiger partial charge is 0.125 e. The highest BCUT2D eigenvalue weighted by molar-refractivity contribution is 4.88. The third-order valence-electron chi connectivity index (χ3n) is 1.41. The van der Waals surface area contributed by atoms with Gasteiger partial charge in [-0.3, -0.25) is 4.90 Å². The fraction of sp³-hybridized carbons (Fsp3) is 1.00. The molecule has 0 radical (unpaired) electrons. The number of morpholine rings is 1. The Labute approximate surface area is 42.0 Å². The second-order valence-electron chi connectivity index (χ2n) is 2.08. The molecule has 0 spiro atoms. The van der Waals surface area contributed by atoms with Crippen LogP contribution in [0.2, 0.25) is 0 Å². The molecule has 3 atom stereocenters. The zero-order valence-electron chi connectivity index (χ0n) is 4.00. The van der Waals surface area contributed by atoms with Gasteiger partial charge in [-0.05, 0) is 0 Å². The molecule has 0 aromatic carbocycles. The van der Waals surface area contributed by atoms with Gasteiger partial charge in [-0.2, -0.15) is 0 Å². The SMILES string of the molecule is NC1CN2CC2O1. The van der Waals surface area contributed by atoms with Crippen molar-refractivity contribution in [2.24, 2.45) is 5.73 Å². The van der Waals surface area contributed by atoms with E-state index in [1.165, 1.54) is 0 Å². The zero-order chi connectivity index (χ0) is 4.85. The van der Waals surface area contributed by atoms with Gasteiger partial charge in [-0.1, -0.05) is 0 Å². The van der Waals surface area contributed by atoms with Crippen LogP contribution in [-0.4, -0.2) is 30.4 Å². The summed E-state index contributed by atoms with van der Waals surface area (Å²) in [6.45, 7) is 2.04. The van der Waals surface area contributed by atoms with Crippen molar-refractivity contribution in [1.82, 2.24) is 4.90 Å². The molecule has 2 rings (SSSR count). The number of nitrogens with zero attached hydrogens (tertiary/aromatic N) is 1. The maximum absolute atomic E-state index is 5.39. The Morgan fingerprint density at radius 3 is 2.71 bits per heavy atom. The Bertz CT molecular complexity index is 85.7. The normalized spacial score (nSPS) is 57.0. The highest BCUT2D eigenvalue weighted by Crippen LogP contribution is 2.25. The van der Waals surface area contributed by atoms with E-state index in [1.807, 2.05) is 0 Å². The van der Waals surface area contributed by atoms with Crippen LogP contribution < -0.4 is 5.73 Å². The molecular formula is C4H8N2O. The average Bonchev–Trinajstić information content (AvgIpc) is 2.15. The molecule has 0 bridgehead atoms. The number of ether oxygens (including phenoxy) is 1. The molecule has 2 fully saturated rings. The van der Waals surface area contributed by atoms with E-state index in [0.29, 0.717) is 6.23 Å². The molecule has 3 heteroatoms. The van der Waals surface area contributed by atoms with Gasteiger partial charge < -0.3 is 10.5 Å². The van der Waals surface area contributed by atoms with Crippen LogP contribution in [0.25, 0.3) is 0 Å².